The molecule has 10 heteroatoms. The Morgan fingerprint density at radius 3 is 2.12 bits per heavy atom. The zero-order valence-corrected chi connectivity index (χ0v) is 37.3. The van der Waals surface area contributed by atoms with E-state index in [-0.39, 0.29) is 44.2 Å². The van der Waals surface area contributed by atoms with Gasteiger partial charge in [0.2, 0.25) is 0 Å². The molecule has 4 aromatic rings. The van der Waals surface area contributed by atoms with Crippen LogP contribution in [0.15, 0.2) is 54.9 Å². The number of thiophene rings is 1. The van der Waals surface area contributed by atoms with Crippen molar-refractivity contribution in [3.63, 3.8) is 0 Å². The van der Waals surface area contributed by atoms with E-state index in [1.165, 1.54) is 58.9 Å². The molecule has 0 unspecified atom stereocenters. The smallest absolute Gasteiger partial charge is 0.124 e. The van der Waals surface area contributed by atoms with Crippen LogP contribution in [0.2, 0.25) is 0 Å². The summed E-state index contributed by atoms with van der Waals surface area (Å²) in [6.07, 6.45) is 16.6. The van der Waals surface area contributed by atoms with Gasteiger partial charge in [-0.25, -0.2) is 4.39 Å². The minimum atomic E-state index is -0.303. The van der Waals surface area contributed by atoms with Crippen LogP contribution < -0.4 is 5.32 Å². The summed E-state index contributed by atoms with van der Waals surface area (Å²) in [7, 11) is 6.10. The van der Waals surface area contributed by atoms with Crippen LogP contribution in [0.4, 0.5) is 10.1 Å². The summed E-state index contributed by atoms with van der Waals surface area (Å²) in [5.41, 5.74) is 19.3. The normalized spacial score (nSPS) is 11.2. The van der Waals surface area contributed by atoms with E-state index >= 15 is 0 Å². The van der Waals surface area contributed by atoms with Gasteiger partial charge in [-0.3, -0.25) is 9.97 Å². The number of nitrogens with one attached hydrogen (secondary N) is 3. The minimum absolute atomic E-state index is 0. The van der Waals surface area contributed by atoms with Crippen molar-refractivity contribution in [1.29, 1.82) is 0 Å². The Labute approximate surface area is 345 Å². The molecule has 3 N–H and O–H groups in total. The molecule has 0 saturated heterocycles. The van der Waals surface area contributed by atoms with Crippen LogP contribution in [0.25, 0.3) is 32.3 Å². The van der Waals surface area contributed by atoms with Crippen molar-refractivity contribution >= 4 is 34.0 Å². The second-order valence-electron chi connectivity index (χ2n) is 13.3. The summed E-state index contributed by atoms with van der Waals surface area (Å²) in [6, 6.07) is 13.3. The van der Waals surface area contributed by atoms with Gasteiger partial charge in [-0.1, -0.05) is 104 Å². The SMILES string of the molecule is C=O.CCCCCCC(C)C.CCCc1ccnc2cc(-c3ccc(CC)cn3)sc12.CNCCN(C)C.Cc1ccc([NH-])cc1F.[NH-]C1CC1.[Y]. The molecule has 1 aliphatic rings. The molecular weight excluding hydrogens is 744 g/mol. The van der Waals surface area contributed by atoms with E-state index in [0.29, 0.717) is 11.6 Å². The van der Waals surface area contributed by atoms with E-state index in [4.69, 9.17) is 16.3 Å². The van der Waals surface area contributed by atoms with Crippen molar-refractivity contribution in [2.45, 2.75) is 112 Å². The number of likely N-dealkylation sites (N-methyl/N-ethyl adjacent to an activating group) is 2. The Balaban J connectivity index is 0. The van der Waals surface area contributed by atoms with Gasteiger partial charge in [0.25, 0.3) is 0 Å². The number of fused-ring (bicyclic) bond motifs is 1. The van der Waals surface area contributed by atoms with Crippen LogP contribution in [-0.2, 0) is 50.3 Å². The number of aromatic nitrogens is 2. The van der Waals surface area contributed by atoms with Crippen LogP contribution in [0.3, 0.4) is 0 Å². The quantitative estimate of drug-likeness (QED) is 0.143. The second kappa shape index (κ2) is 32.3. The van der Waals surface area contributed by atoms with Crippen molar-refractivity contribution < 1.29 is 41.9 Å². The topological polar surface area (TPSA) is 106 Å². The number of carbonyl (C=O) groups is 1. The molecule has 1 aliphatic carbocycles. The van der Waals surface area contributed by atoms with Gasteiger partial charge < -0.3 is 26.5 Å². The van der Waals surface area contributed by atoms with Gasteiger partial charge in [0.05, 0.1) is 20.8 Å². The average molecular weight is 812 g/mol. The predicted molar refractivity (Wildman–Crippen MR) is 222 cm³/mol. The molecule has 1 radical (unpaired) electrons. The Kier molecular flexibility index (Phi) is 32.3. The molecule has 1 aromatic carbocycles. The fourth-order valence-electron chi connectivity index (χ4n) is 4.35. The number of unbranched alkanes of at least 4 members (excludes halogenated alkanes) is 3. The first-order valence-electron chi connectivity index (χ1n) is 18.5. The number of hydrogen-bond donors (Lipinski definition) is 1. The summed E-state index contributed by atoms with van der Waals surface area (Å²) in [4.78, 5) is 20.4. The predicted octanol–water partition coefficient (Wildman–Crippen LogP) is 12.1. The molecule has 1 fully saturated rings. The molecule has 0 amide bonds. The van der Waals surface area contributed by atoms with Gasteiger partial charge in [-0.2, -0.15) is 0 Å². The third kappa shape index (κ3) is 25.0. The molecule has 3 aromatic heterocycles. The number of halogens is 1. The molecule has 5 rings (SSSR count). The number of pyridine rings is 2. The molecule has 52 heavy (non-hydrogen) atoms. The third-order valence-corrected chi connectivity index (χ3v) is 8.91. The van der Waals surface area contributed by atoms with Crippen molar-refractivity contribution in [1.82, 2.24) is 20.2 Å². The van der Waals surface area contributed by atoms with E-state index < -0.39 is 0 Å². The van der Waals surface area contributed by atoms with Gasteiger partial charge >= 0.3 is 0 Å². The van der Waals surface area contributed by atoms with Crippen molar-refractivity contribution in [2.75, 3.05) is 34.2 Å². The van der Waals surface area contributed by atoms with Crippen LogP contribution in [0.5, 0.6) is 0 Å². The van der Waals surface area contributed by atoms with Crippen LogP contribution in [0.1, 0.15) is 103 Å². The van der Waals surface area contributed by atoms with Crippen LogP contribution in [0, 0.1) is 18.7 Å². The minimum Gasteiger partial charge on any atom is -0.699 e. The van der Waals surface area contributed by atoms with Gasteiger partial charge in [0, 0.05) is 58.2 Å². The fraction of sp³-hybridized carbons (Fsp3) is 0.548. The number of benzene rings is 1. The van der Waals surface area contributed by atoms with Crippen LogP contribution >= 0.6 is 11.3 Å². The number of hydrogen-bond acceptors (Lipinski definition) is 6. The summed E-state index contributed by atoms with van der Waals surface area (Å²) in [5, 5.41) is 3.06. The third-order valence-electron chi connectivity index (χ3n) is 7.69. The van der Waals surface area contributed by atoms with E-state index in [9.17, 15) is 4.39 Å². The molecule has 0 atom stereocenters. The maximum Gasteiger partial charge on any atom is 0.124 e. The summed E-state index contributed by atoms with van der Waals surface area (Å²) < 4.78 is 13.8. The summed E-state index contributed by atoms with van der Waals surface area (Å²) >= 11 is 1.81. The average Bonchev–Trinajstić information content (AvgIpc) is 3.78. The molecule has 0 spiro atoms. The van der Waals surface area contributed by atoms with Crippen molar-refractivity contribution in [3.8, 4) is 10.6 Å². The first-order chi connectivity index (χ1) is 24.4. The van der Waals surface area contributed by atoms with E-state index in [1.54, 1.807) is 30.4 Å². The monoisotopic (exact) mass is 811 g/mol. The second-order valence-corrected chi connectivity index (χ2v) is 14.4. The fourth-order valence-corrected chi connectivity index (χ4v) is 5.49. The van der Waals surface area contributed by atoms with Gasteiger partial charge in [-0.05, 0) is 87.8 Å². The molecule has 0 bridgehead atoms. The first kappa shape index (κ1) is 52.0. The summed E-state index contributed by atoms with van der Waals surface area (Å²) in [6.45, 7) is 17.1. The Morgan fingerprint density at radius 2 is 1.67 bits per heavy atom. The Morgan fingerprint density at radius 1 is 1.00 bits per heavy atom. The van der Waals surface area contributed by atoms with Crippen LogP contribution in [-0.4, -0.2) is 61.9 Å². The maximum atomic E-state index is 12.5. The zero-order chi connectivity index (χ0) is 38.6. The largest absolute Gasteiger partial charge is 0.699 e. The molecule has 0 aliphatic heterocycles. The molecule has 1 saturated carbocycles. The van der Waals surface area contributed by atoms with Crippen molar-refractivity contribution in [3.05, 3.63) is 88.8 Å². The molecule has 3 heterocycles. The number of rotatable bonds is 12. The van der Waals surface area contributed by atoms with Gasteiger partial charge in [-0.15, -0.1) is 23.1 Å². The first-order valence-corrected chi connectivity index (χ1v) is 19.4. The Hall–Kier alpha value is -2.14. The van der Waals surface area contributed by atoms with Crippen molar-refractivity contribution in [2.24, 2.45) is 5.92 Å². The van der Waals surface area contributed by atoms with E-state index in [2.05, 4.69) is 93.2 Å². The Bertz CT molecular complexity index is 1430. The maximum absolute atomic E-state index is 12.5. The standard InChI is InChI=1S/C17H18N2S.C9H20.C7H7FN.C5H14N2.C3H6N.CH2O.Y/c1-3-5-13-8-9-18-15-10-16(20-17(13)15)14-7-6-12(4-2)11-19-14;1-4-5-6-7-8-9(2)3;1-5-2-3-6(9)4-7(5)8;1-6-4-5-7(2)3;4-3-1-2-3;1-2;/h6-11H,3-5H2,1-2H3;9H,4-8H2,1-3H3;2-4,9H,1H3;6H,4-5H2,1-3H3;3-4H,1-2H2;1H2;/q;;-1;;-1;;. The number of carbonyl (C=O) groups excluding carboxylic acids is 1. The van der Waals surface area contributed by atoms with E-state index in [0.717, 1.165) is 62.3 Å². The van der Waals surface area contributed by atoms with Gasteiger partial charge in [0.15, 0.2) is 0 Å². The van der Waals surface area contributed by atoms with E-state index in [1.807, 2.05) is 26.2 Å². The molecule has 289 valence electrons. The number of nitrogens with zero attached hydrogens (tertiary/aromatic N) is 3. The molecule has 7 nitrogen and oxygen atoms in total. The van der Waals surface area contributed by atoms with Gasteiger partial charge in [0.1, 0.15) is 12.6 Å². The summed E-state index contributed by atoms with van der Waals surface area (Å²) in [5.74, 6) is 0.601. The molecular formula is C42H67FN6OSY-2. The number of aryl methyl sites for hydroxylation is 3. The zero-order valence-electron chi connectivity index (χ0n) is 33.7.